The average molecular weight is 229 g/mol. The number of benzene rings is 1. The Kier molecular flexibility index (Phi) is 2.60. The number of hydrogen-bond acceptors (Lipinski definition) is 4. The molecule has 2 N–H and O–H groups in total. The van der Waals surface area contributed by atoms with Gasteiger partial charge in [0.15, 0.2) is 5.82 Å². The van der Waals surface area contributed by atoms with Crippen molar-refractivity contribution >= 4 is 0 Å². The molecule has 2 heterocycles. The molecule has 1 aromatic heterocycles. The van der Waals surface area contributed by atoms with Gasteiger partial charge in [-0.3, -0.25) is 0 Å². The summed E-state index contributed by atoms with van der Waals surface area (Å²) in [5, 5.41) is 17.9. The minimum atomic E-state index is -0.0595. The second-order valence-corrected chi connectivity index (χ2v) is 4.45. The van der Waals surface area contributed by atoms with Crippen molar-refractivity contribution in [3.63, 3.8) is 0 Å². The highest BCUT2D eigenvalue weighted by molar-refractivity contribution is 5.33. The summed E-state index contributed by atoms with van der Waals surface area (Å²) < 4.78 is 0. The maximum Gasteiger partial charge on any atom is 0.159 e. The van der Waals surface area contributed by atoms with Crippen LogP contribution in [0, 0.1) is 0 Å². The Morgan fingerprint density at radius 3 is 2.47 bits per heavy atom. The highest BCUT2D eigenvalue weighted by atomic mass is 15.5. The summed E-state index contributed by atoms with van der Waals surface area (Å²) in [5.74, 6) is 0.880. The fourth-order valence-electron chi connectivity index (χ4n) is 2.63. The monoisotopic (exact) mass is 229 g/mol. The van der Waals surface area contributed by atoms with Gasteiger partial charge in [0, 0.05) is 0 Å². The number of H-pyrrole nitrogens is 1. The van der Waals surface area contributed by atoms with E-state index in [-0.39, 0.29) is 5.41 Å². The number of hydrogen-bond donors (Lipinski definition) is 2. The zero-order valence-corrected chi connectivity index (χ0v) is 9.56. The Bertz CT molecular complexity index is 459. The molecule has 5 heteroatoms. The standard InChI is InChI=1S/C12H15N5/c1-2-4-10(5-3-1)12(6-8-13-9-7-12)11-14-16-17-15-11/h1-5,13H,6-9H2,(H,14,15,16,17). The molecule has 0 bridgehead atoms. The number of nitrogens with one attached hydrogen (secondary N) is 2. The summed E-state index contributed by atoms with van der Waals surface area (Å²) in [6.07, 6.45) is 2.04. The van der Waals surface area contributed by atoms with E-state index in [0.29, 0.717) is 0 Å². The highest BCUT2D eigenvalue weighted by Gasteiger charge is 2.38. The van der Waals surface area contributed by atoms with Crippen molar-refractivity contribution in [3.05, 3.63) is 41.7 Å². The normalized spacial score (nSPS) is 19.1. The molecule has 1 saturated heterocycles. The first-order valence-corrected chi connectivity index (χ1v) is 5.92. The van der Waals surface area contributed by atoms with Crippen LogP contribution in [-0.2, 0) is 5.41 Å². The van der Waals surface area contributed by atoms with Crippen LogP contribution >= 0.6 is 0 Å². The van der Waals surface area contributed by atoms with Crippen molar-refractivity contribution in [3.8, 4) is 0 Å². The van der Waals surface area contributed by atoms with Crippen molar-refractivity contribution in [2.45, 2.75) is 18.3 Å². The van der Waals surface area contributed by atoms with Crippen LogP contribution in [0.4, 0.5) is 0 Å². The van der Waals surface area contributed by atoms with Crippen LogP contribution in [0.2, 0.25) is 0 Å². The summed E-state index contributed by atoms with van der Waals surface area (Å²) in [4.78, 5) is 0. The van der Waals surface area contributed by atoms with E-state index in [2.05, 4.69) is 50.2 Å². The number of rotatable bonds is 2. The number of piperidine rings is 1. The van der Waals surface area contributed by atoms with Gasteiger partial charge in [0.2, 0.25) is 0 Å². The summed E-state index contributed by atoms with van der Waals surface area (Å²) in [6, 6.07) is 10.5. The van der Waals surface area contributed by atoms with E-state index in [1.165, 1.54) is 5.56 Å². The summed E-state index contributed by atoms with van der Waals surface area (Å²) in [7, 11) is 0. The van der Waals surface area contributed by atoms with Crippen molar-refractivity contribution < 1.29 is 0 Å². The Balaban J connectivity index is 2.08. The first-order chi connectivity index (χ1) is 8.42. The van der Waals surface area contributed by atoms with Crippen LogP contribution < -0.4 is 5.32 Å². The molecule has 3 rings (SSSR count). The molecule has 0 spiro atoms. The lowest BCUT2D eigenvalue weighted by Gasteiger charge is -2.35. The quantitative estimate of drug-likeness (QED) is 0.802. The van der Waals surface area contributed by atoms with Crippen molar-refractivity contribution in [2.75, 3.05) is 13.1 Å². The molecule has 1 aromatic carbocycles. The highest BCUT2D eigenvalue weighted by Crippen LogP contribution is 2.37. The van der Waals surface area contributed by atoms with Gasteiger partial charge < -0.3 is 5.32 Å². The number of aromatic nitrogens is 4. The molecule has 0 aliphatic carbocycles. The van der Waals surface area contributed by atoms with Gasteiger partial charge in [-0.1, -0.05) is 30.3 Å². The number of nitrogens with zero attached hydrogens (tertiary/aromatic N) is 3. The third-order valence-corrected chi connectivity index (χ3v) is 3.58. The van der Waals surface area contributed by atoms with E-state index in [0.717, 1.165) is 31.8 Å². The van der Waals surface area contributed by atoms with E-state index < -0.39 is 0 Å². The predicted molar refractivity (Wildman–Crippen MR) is 63.5 cm³/mol. The van der Waals surface area contributed by atoms with Gasteiger partial charge in [-0.2, -0.15) is 0 Å². The average Bonchev–Trinajstić information content (AvgIpc) is 2.95. The van der Waals surface area contributed by atoms with E-state index in [4.69, 9.17) is 0 Å². The predicted octanol–water partition coefficient (Wildman–Crippen LogP) is 0.869. The molecule has 1 aliphatic heterocycles. The first kappa shape index (κ1) is 10.4. The van der Waals surface area contributed by atoms with Crippen LogP contribution in [-0.4, -0.2) is 33.7 Å². The lowest BCUT2D eigenvalue weighted by Crippen LogP contribution is -2.41. The number of aromatic amines is 1. The molecule has 2 aromatic rings. The molecule has 0 unspecified atom stereocenters. The third kappa shape index (κ3) is 1.72. The molecular weight excluding hydrogens is 214 g/mol. The van der Waals surface area contributed by atoms with Gasteiger partial charge in [-0.15, -0.1) is 5.10 Å². The largest absolute Gasteiger partial charge is 0.317 e. The van der Waals surface area contributed by atoms with Crippen LogP contribution in [0.25, 0.3) is 0 Å². The fourth-order valence-corrected chi connectivity index (χ4v) is 2.63. The van der Waals surface area contributed by atoms with E-state index in [1.54, 1.807) is 0 Å². The molecule has 0 atom stereocenters. The maximum absolute atomic E-state index is 4.14. The van der Waals surface area contributed by atoms with Crippen LogP contribution in [0.15, 0.2) is 30.3 Å². The lowest BCUT2D eigenvalue weighted by molar-refractivity contribution is 0.346. The third-order valence-electron chi connectivity index (χ3n) is 3.58. The molecular formula is C12H15N5. The van der Waals surface area contributed by atoms with E-state index in [9.17, 15) is 0 Å². The zero-order chi connectivity index (χ0) is 11.6. The summed E-state index contributed by atoms with van der Waals surface area (Å²) in [5.41, 5.74) is 1.23. The van der Waals surface area contributed by atoms with Crippen LogP contribution in [0.5, 0.6) is 0 Å². The molecule has 88 valence electrons. The molecule has 17 heavy (non-hydrogen) atoms. The maximum atomic E-state index is 4.14. The van der Waals surface area contributed by atoms with Gasteiger partial charge in [0.05, 0.1) is 5.41 Å². The minimum absolute atomic E-state index is 0.0595. The first-order valence-electron chi connectivity index (χ1n) is 5.92. The Labute approximate surface area is 99.6 Å². The van der Waals surface area contributed by atoms with E-state index in [1.807, 2.05) is 6.07 Å². The Hall–Kier alpha value is -1.75. The lowest BCUT2D eigenvalue weighted by atomic mass is 9.72. The Morgan fingerprint density at radius 2 is 1.82 bits per heavy atom. The van der Waals surface area contributed by atoms with Gasteiger partial charge in [-0.05, 0) is 41.9 Å². The van der Waals surface area contributed by atoms with Crippen molar-refractivity contribution in [2.24, 2.45) is 0 Å². The smallest absolute Gasteiger partial charge is 0.159 e. The fraction of sp³-hybridized carbons (Fsp3) is 0.417. The van der Waals surface area contributed by atoms with Gasteiger partial charge in [0.1, 0.15) is 0 Å². The van der Waals surface area contributed by atoms with Crippen molar-refractivity contribution in [1.82, 2.24) is 25.9 Å². The molecule has 5 nitrogen and oxygen atoms in total. The molecule has 1 fully saturated rings. The van der Waals surface area contributed by atoms with Gasteiger partial charge >= 0.3 is 0 Å². The Morgan fingerprint density at radius 1 is 1.06 bits per heavy atom. The minimum Gasteiger partial charge on any atom is -0.317 e. The SMILES string of the molecule is c1ccc(C2(c3nnn[nH]3)CCNCC2)cc1. The second-order valence-electron chi connectivity index (χ2n) is 4.45. The molecule has 0 radical (unpaired) electrons. The number of tetrazole rings is 1. The van der Waals surface area contributed by atoms with Crippen LogP contribution in [0.1, 0.15) is 24.2 Å². The van der Waals surface area contributed by atoms with Crippen LogP contribution in [0.3, 0.4) is 0 Å². The van der Waals surface area contributed by atoms with Gasteiger partial charge in [-0.25, -0.2) is 5.10 Å². The second kappa shape index (κ2) is 4.25. The summed E-state index contributed by atoms with van der Waals surface area (Å²) >= 11 is 0. The molecule has 0 amide bonds. The topological polar surface area (TPSA) is 66.5 Å². The van der Waals surface area contributed by atoms with Crippen molar-refractivity contribution in [1.29, 1.82) is 0 Å². The summed E-state index contributed by atoms with van der Waals surface area (Å²) in [6.45, 7) is 1.99. The molecule has 0 saturated carbocycles. The zero-order valence-electron chi connectivity index (χ0n) is 9.56. The van der Waals surface area contributed by atoms with E-state index >= 15 is 0 Å². The molecule has 1 aliphatic rings. The van der Waals surface area contributed by atoms with Gasteiger partial charge in [0.25, 0.3) is 0 Å².